The minimum Gasteiger partial charge on any atom is -0.481 e. The van der Waals surface area contributed by atoms with Gasteiger partial charge >= 0.3 is 12.0 Å². The summed E-state index contributed by atoms with van der Waals surface area (Å²) in [5.74, 6) is -1.98. The quantitative estimate of drug-likeness (QED) is 0.617. The molecule has 0 bridgehead atoms. The molecule has 0 radical (unpaired) electrons. The number of nitrogens with one attached hydrogen (secondary N) is 2. The molecule has 1 fully saturated rings. The first kappa shape index (κ1) is 16.2. The second-order valence-corrected chi connectivity index (χ2v) is 4.78. The number of carbonyl (C=O) groups is 3. The molecule has 1 aliphatic rings. The molecule has 1 aliphatic heterocycles. The summed E-state index contributed by atoms with van der Waals surface area (Å²) >= 11 is 0. The van der Waals surface area contributed by atoms with Crippen molar-refractivity contribution in [3.8, 4) is 0 Å². The van der Waals surface area contributed by atoms with Crippen molar-refractivity contribution >= 4 is 17.9 Å². The zero-order chi connectivity index (χ0) is 15.3. The minimum atomic E-state index is -1.01. The topological polar surface area (TPSA) is 108 Å². The van der Waals surface area contributed by atoms with Crippen LogP contribution in [0.2, 0.25) is 0 Å². The summed E-state index contributed by atoms with van der Waals surface area (Å²) in [6, 6.07) is -1.83. The van der Waals surface area contributed by atoms with Crippen LogP contribution < -0.4 is 10.6 Å². The third kappa shape index (κ3) is 4.09. The van der Waals surface area contributed by atoms with Crippen LogP contribution in [-0.4, -0.2) is 66.8 Å². The molecular weight excluding hydrogens is 266 g/mol. The number of urea groups is 1. The highest BCUT2D eigenvalue weighted by molar-refractivity contribution is 5.86. The predicted octanol–water partition coefficient (Wildman–Crippen LogP) is -0.748. The van der Waals surface area contributed by atoms with E-state index in [0.29, 0.717) is 6.54 Å². The molecule has 114 valence electrons. The molecule has 20 heavy (non-hydrogen) atoms. The van der Waals surface area contributed by atoms with Gasteiger partial charge in [0, 0.05) is 13.6 Å². The highest BCUT2D eigenvalue weighted by Gasteiger charge is 2.35. The lowest BCUT2D eigenvalue weighted by Gasteiger charge is -2.22. The van der Waals surface area contributed by atoms with Crippen LogP contribution in [0.15, 0.2) is 0 Å². The van der Waals surface area contributed by atoms with Crippen LogP contribution in [0.3, 0.4) is 0 Å². The Morgan fingerprint density at radius 1 is 1.40 bits per heavy atom. The fourth-order valence-corrected chi connectivity index (χ4v) is 1.89. The third-order valence-corrected chi connectivity index (χ3v) is 3.28. The molecule has 3 N–H and O–H groups in total. The first-order valence-corrected chi connectivity index (χ1v) is 6.49. The van der Waals surface area contributed by atoms with E-state index in [1.807, 2.05) is 6.92 Å². The van der Waals surface area contributed by atoms with Gasteiger partial charge in [-0.2, -0.15) is 0 Å². The standard InChI is InChI=1S/C12H21N3O5/c1-4-15(3)10(16)7(2)13-12(19)14-9-6-20-5-8(9)11(17)18/h7-9H,4-6H2,1-3H3,(H,17,18)(H2,13,14,19). The number of nitrogens with zero attached hydrogens (tertiary/aromatic N) is 1. The van der Waals surface area contributed by atoms with E-state index >= 15 is 0 Å². The molecule has 8 nitrogen and oxygen atoms in total. The molecule has 0 aromatic carbocycles. The van der Waals surface area contributed by atoms with Gasteiger partial charge < -0.3 is 25.4 Å². The Bertz CT molecular complexity index is 387. The van der Waals surface area contributed by atoms with Crippen LogP contribution in [0.1, 0.15) is 13.8 Å². The zero-order valence-corrected chi connectivity index (χ0v) is 11.9. The van der Waals surface area contributed by atoms with E-state index in [4.69, 9.17) is 9.84 Å². The van der Waals surface area contributed by atoms with Crippen molar-refractivity contribution in [2.75, 3.05) is 26.8 Å². The number of hydrogen-bond donors (Lipinski definition) is 3. The van der Waals surface area contributed by atoms with Crippen LogP contribution in [0.4, 0.5) is 4.79 Å². The summed E-state index contributed by atoms with van der Waals surface area (Å²) in [4.78, 5) is 36.0. The highest BCUT2D eigenvalue weighted by Crippen LogP contribution is 2.13. The van der Waals surface area contributed by atoms with Crippen molar-refractivity contribution in [1.82, 2.24) is 15.5 Å². The maximum atomic E-state index is 11.8. The number of carbonyl (C=O) groups excluding carboxylic acids is 2. The first-order valence-electron chi connectivity index (χ1n) is 6.49. The average molecular weight is 287 g/mol. The molecule has 3 amide bonds. The first-order chi connectivity index (χ1) is 9.36. The van der Waals surface area contributed by atoms with Crippen LogP contribution >= 0.6 is 0 Å². The normalized spacial score (nSPS) is 22.9. The fraction of sp³-hybridized carbons (Fsp3) is 0.750. The molecule has 3 unspecified atom stereocenters. The van der Waals surface area contributed by atoms with E-state index in [1.54, 1.807) is 14.0 Å². The van der Waals surface area contributed by atoms with Crippen molar-refractivity contribution in [3.63, 3.8) is 0 Å². The molecule has 0 aromatic rings. The maximum Gasteiger partial charge on any atom is 0.315 e. The van der Waals surface area contributed by atoms with Crippen LogP contribution in [-0.2, 0) is 14.3 Å². The number of carboxylic acids is 1. The summed E-state index contributed by atoms with van der Waals surface area (Å²) < 4.78 is 5.04. The molecule has 3 atom stereocenters. The SMILES string of the molecule is CCN(C)C(=O)C(C)NC(=O)NC1COCC1C(=O)O. The van der Waals surface area contributed by atoms with Gasteiger partial charge in [-0.15, -0.1) is 0 Å². The largest absolute Gasteiger partial charge is 0.481 e. The Labute approximate surface area is 117 Å². The van der Waals surface area contributed by atoms with Crippen LogP contribution in [0, 0.1) is 5.92 Å². The van der Waals surface area contributed by atoms with Crippen molar-refractivity contribution in [1.29, 1.82) is 0 Å². The van der Waals surface area contributed by atoms with Gasteiger partial charge in [-0.3, -0.25) is 9.59 Å². The van der Waals surface area contributed by atoms with Gasteiger partial charge in [0.15, 0.2) is 0 Å². The van der Waals surface area contributed by atoms with Crippen molar-refractivity contribution < 1.29 is 24.2 Å². The van der Waals surface area contributed by atoms with Gasteiger partial charge in [-0.25, -0.2) is 4.79 Å². The Kier molecular flexibility index (Phi) is 5.75. The van der Waals surface area contributed by atoms with Gasteiger partial charge in [-0.1, -0.05) is 0 Å². The lowest BCUT2D eigenvalue weighted by molar-refractivity contribution is -0.142. The summed E-state index contributed by atoms with van der Waals surface area (Å²) in [5, 5.41) is 14.0. The zero-order valence-electron chi connectivity index (χ0n) is 11.9. The molecule has 0 aliphatic carbocycles. The smallest absolute Gasteiger partial charge is 0.315 e. The van der Waals surface area contributed by atoms with Crippen LogP contribution in [0.25, 0.3) is 0 Å². The molecule has 1 heterocycles. The minimum absolute atomic E-state index is 0.0767. The molecular formula is C12H21N3O5. The van der Waals surface area contributed by atoms with E-state index < -0.39 is 30.0 Å². The number of carboxylic acid groups (broad SMARTS) is 1. The van der Waals surface area contributed by atoms with Gasteiger partial charge in [0.1, 0.15) is 12.0 Å². The van der Waals surface area contributed by atoms with E-state index in [1.165, 1.54) is 4.90 Å². The van der Waals surface area contributed by atoms with Crippen LogP contribution in [0.5, 0.6) is 0 Å². The Balaban J connectivity index is 2.47. The highest BCUT2D eigenvalue weighted by atomic mass is 16.5. The molecule has 1 rings (SSSR count). The second kappa shape index (κ2) is 7.09. The summed E-state index contributed by atoms with van der Waals surface area (Å²) in [6.45, 7) is 4.19. The van der Waals surface area contributed by atoms with E-state index in [-0.39, 0.29) is 19.1 Å². The van der Waals surface area contributed by atoms with E-state index in [0.717, 1.165) is 0 Å². The number of hydrogen-bond acceptors (Lipinski definition) is 4. The molecule has 1 saturated heterocycles. The number of aliphatic carboxylic acids is 1. The van der Waals surface area contributed by atoms with Crippen molar-refractivity contribution in [2.45, 2.75) is 25.9 Å². The maximum absolute atomic E-state index is 11.8. The second-order valence-electron chi connectivity index (χ2n) is 4.78. The number of amides is 3. The Hall–Kier alpha value is -1.83. The number of ether oxygens (including phenoxy) is 1. The molecule has 0 spiro atoms. The summed E-state index contributed by atoms with van der Waals surface area (Å²) in [6.07, 6.45) is 0. The van der Waals surface area contributed by atoms with Crippen molar-refractivity contribution in [3.05, 3.63) is 0 Å². The third-order valence-electron chi connectivity index (χ3n) is 3.28. The summed E-state index contributed by atoms with van der Waals surface area (Å²) in [5.41, 5.74) is 0. The number of likely N-dealkylation sites (N-methyl/N-ethyl adjacent to an activating group) is 1. The Morgan fingerprint density at radius 2 is 2.05 bits per heavy atom. The fourth-order valence-electron chi connectivity index (χ4n) is 1.89. The molecule has 0 saturated carbocycles. The van der Waals surface area contributed by atoms with Gasteiger partial charge in [0.05, 0.1) is 19.3 Å². The van der Waals surface area contributed by atoms with Crippen molar-refractivity contribution in [2.24, 2.45) is 5.92 Å². The lowest BCUT2D eigenvalue weighted by atomic mass is 10.0. The molecule has 8 heteroatoms. The average Bonchev–Trinajstić information content (AvgIpc) is 2.84. The molecule has 0 aromatic heterocycles. The number of rotatable bonds is 5. The van der Waals surface area contributed by atoms with Gasteiger partial charge in [0.2, 0.25) is 5.91 Å². The Morgan fingerprint density at radius 3 is 2.60 bits per heavy atom. The summed E-state index contributed by atoms with van der Waals surface area (Å²) in [7, 11) is 1.64. The van der Waals surface area contributed by atoms with Gasteiger partial charge in [0.25, 0.3) is 0 Å². The predicted molar refractivity (Wildman–Crippen MR) is 70.2 cm³/mol. The van der Waals surface area contributed by atoms with E-state index in [9.17, 15) is 14.4 Å². The van der Waals surface area contributed by atoms with Gasteiger partial charge in [-0.05, 0) is 13.8 Å². The monoisotopic (exact) mass is 287 g/mol. The lowest BCUT2D eigenvalue weighted by Crippen LogP contribution is -2.52. The van der Waals surface area contributed by atoms with E-state index in [2.05, 4.69) is 10.6 Å².